The lowest BCUT2D eigenvalue weighted by Crippen LogP contribution is -2.42. The summed E-state index contributed by atoms with van der Waals surface area (Å²) in [6.45, 7) is 4.30. The third-order valence-corrected chi connectivity index (χ3v) is 8.39. The Morgan fingerprint density at radius 1 is 1.17 bits per heavy atom. The molecule has 0 atom stereocenters. The minimum Gasteiger partial charge on any atom is -0.351 e. The fraction of sp³-hybridized carbons (Fsp3) is 0.571. The quantitative estimate of drug-likeness (QED) is 0.782. The van der Waals surface area contributed by atoms with E-state index in [9.17, 15) is 13.2 Å². The zero-order valence-electron chi connectivity index (χ0n) is 17.5. The van der Waals surface area contributed by atoms with Gasteiger partial charge >= 0.3 is 0 Å². The number of hydrogen-bond donors (Lipinski definition) is 1. The number of allylic oxidation sites excluding steroid dienone is 2. The van der Waals surface area contributed by atoms with E-state index in [-0.39, 0.29) is 17.6 Å². The second-order valence-electron chi connectivity index (χ2n) is 8.17. The number of hydrogen-bond acceptors (Lipinski definition) is 6. The minimum absolute atomic E-state index is 0.0167. The van der Waals surface area contributed by atoms with Gasteiger partial charge in [-0.3, -0.25) is 9.36 Å². The summed E-state index contributed by atoms with van der Waals surface area (Å²) in [6.07, 6.45) is 9.03. The standard InChI is InChI=1S/C21H29N5O3S/c1-3-15(2)30(28,29)25-12-10-17(11-13-25)23-21-22-14-16-8-9-19(27)26(20(16)24-21)18-6-4-5-7-18/h3,8-9,14,17-18H,4-7,10-13H2,1-2H3,(H,22,23,24)/b15-3+. The topological polar surface area (TPSA) is 97.2 Å². The molecule has 2 fully saturated rings. The van der Waals surface area contributed by atoms with Crippen molar-refractivity contribution in [3.8, 4) is 0 Å². The fourth-order valence-corrected chi connectivity index (χ4v) is 5.80. The third-order valence-electron chi connectivity index (χ3n) is 6.30. The summed E-state index contributed by atoms with van der Waals surface area (Å²) in [6, 6.07) is 3.67. The summed E-state index contributed by atoms with van der Waals surface area (Å²) in [5, 5.41) is 4.21. The van der Waals surface area contributed by atoms with Crippen LogP contribution in [0.1, 0.15) is 58.4 Å². The molecule has 30 heavy (non-hydrogen) atoms. The van der Waals surface area contributed by atoms with Crippen molar-refractivity contribution in [2.75, 3.05) is 18.4 Å². The molecule has 0 spiro atoms. The van der Waals surface area contributed by atoms with Gasteiger partial charge in [0.05, 0.1) is 4.91 Å². The van der Waals surface area contributed by atoms with Gasteiger partial charge in [-0.25, -0.2) is 13.4 Å². The summed E-state index contributed by atoms with van der Waals surface area (Å²) in [4.78, 5) is 22.0. The van der Waals surface area contributed by atoms with Gasteiger partial charge in [0.25, 0.3) is 5.56 Å². The monoisotopic (exact) mass is 431 g/mol. The summed E-state index contributed by atoms with van der Waals surface area (Å²) in [5.74, 6) is 0.491. The molecule has 0 amide bonds. The van der Waals surface area contributed by atoms with E-state index in [1.165, 1.54) is 0 Å². The van der Waals surface area contributed by atoms with Crippen molar-refractivity contribution in [1.82, 2.24) is 18.8 Å². The molecular formula is C21H29N5O3S. The summed E-state index contributed by atoms with van der Waals surface area (Å²) in [5.41, 5.74) is 0.660. The Hall–Kier alpha value is -2.26. The van der Waals surface area contributed by atoms with E-state index in [1.54, 1.807) is 42.6 Å². The van der Waals surface area contributed by atoms with Gasteiger partial charge in [-0.2, -0.15) is 9.29 Å². The molecule has 0 radical (unpaired) electrons. The van der Waals surface area contributed by atoms with Gasteiger partial charge in [0, 0.05) is 42.8 Å². The summed E-state index contributed by atoms with van der Waals surface area (Å²) in [7, 11) is -3.36. The van der Waals surface area contributed by atoms with Crippen molar-refractivity contribution in [2.24, 2.45) is 0 Å². The number of nitrogens with zero attached hydrogens (tertiary/aromatic N) is 4. The Morgan fingerprint density at radius 2 is 1.87 bits per heavy atom. The van der Waals surface area contributed by atoms with E-state index in [1.807, 2.05) is 4.57 Å². The van der Waals surface area contributed by atoms with E-state index < -0.39 is 10.0 Å². The van der Waals surface area contributed by atoms with Crippen molar-refractivity contribution in [1.29, 1.82) is 0 Å². The van der Waals surface area contributed by atoms with Gasteiger partial charge in [0.15, 0.2) is 0 Å². The first-order valence-corrected chi connectivity index (χ1v) is 12.1. The predicted molar refractivity (Wildman–Crippen MR) is 118 cm³/mol. The number of nitrogens with one attached hydrogen (secondary N) is 1. The lowest BCUT2D eigenvalue weighted by molar-refractivity contribution is 0.331. The number of rotatable bonds is 5. The largest absolute Gasteiger partial charge is 0.351 e. The average molecular weight is 432 g/mol. The fourth-order valence-electron chi connectivity index (χ4n) is 4.40. The van der Waals surface area contributed by atoms with Crippen molar-refractivity contribution in [3.63, 3.8) is 0 Å². The molecule has 162 valence electrons. The molecule has 9 heteroatoms. The van der Waals surface area contributed by atoms with Crippen LogP contribution < -0.4 is 10.9 Å². The Labute approximate surface area is 177 Å². The first kappa shape index (κ1) is 21.0. The van der Waals surface area contributed by atoms with Crippen molar-refractivity contribution in [2.45, 2.75) is 64.5 Å². The average Bonchev–Trinajstić information content (AvgIpc) is 3.27. The van der Waals surface area contributed by atoms with Crippen LogP contribution in [0.3, 0.4) is 0 Å². The minimum atomic E-state index is -3.36. The maximum absolute atomic E-state index is 12.5. The van der Waals surface area contributed by atoms with Crippen LogP contribution in [0.5, 0.6) is 0 Å². The highest BCUT2D eigenvalue weighted by Crippen LogP contribution is 2.30. The molecule has 3 heterocycles. The molecule has 1 aliphatic heterocycles. The Bertz CT molecular complexity index is 1110. The zero-order chi connectivity index (χ0) is 21.3. The maximum atomic E-state index is 12.5. The van der Waals surface area contributed by atoms with E-state index in [2.05, 4.69) is 15.3 Å². The summed E-state index contributed by atoms with van der Waals surface area (Å²) >= 11 is 0. The van der Waals surface area contributed by atoms with Crippen LogP contribution in [0.25, 0.3) is 11.0 Å². The molecule has 8 nitrogen and oxygen atoms in total. The molecule has 0 aromatic carbocycles. The van der Waals surface area contributed by atoms with Crippen molar-refractivity contribution >= 4 is 27.0 Å². The highest BCUT2D eigenvalue weighted by Gasteiger charge is 2.29. The van der Waals surface area contributed by atoms with Crippen LogP contribution in [-0.2, 0) is 10.0 Å². The van der Waals surface area contributed by atoms with Gasteiger partial charge in [-0.15, -0.1) is 0 Å². The van der Waals surface area contributed by atoms with Gasteiger partial charge < -0.3 is 5.32 Å². The van der Waals surface area contributed by atoms with E-state index in [4.69, 9.17) is 0 Å². The SMILES string of the molecule is C/C=C(\C)S(=O)(=O)N1CCC(Nc2ncc3ccc(=O)n(C4CCCC4)c3n2)CC1. The molecule has 2 aromatic heterocycles. The normalized spacial score (nSPS) is 20.1. The van der Waals surface area contributed by atoms with Crippen LogP contribution >= 0.6 is 0 Å². The first-order valence-electron chi connectivity index (χ1n) is 10.7. The maximum Gasteiger partial charge on any atom is 0.252 e. The molecule has 0 bridgehead atoms. The molecule has 1 N–H and O–H groups in total. The number of pyridine rings is 1. The molecule has 1 saturated carbocycles. The molecule has 1 aliphatic carbocycles. The molecule has 4 rings (SSSR count). The van der Waals surface area contributed by atoms with E-state index >= 15 is 0 Å². The van der Waals surface area contributed by atoms with Gasteiger partial charge in [-0.05, 0) is 45.6 Å². The van der Waals surface area contributed by atoms with Crippen molar-refractivity contribution < 1.29 is 8.42 Å². The Morgan fingerprint density at radius 3 is 2.53 bits per heavy atom. The second kappa shape index (κ2) is 8.47. The van der Waals surface area contributed by atoms with Crippen LogP contribution in [0.15, 0.2) is 34.1 Å². The lowest BCUT2D eigenvalue weighted by Gasteiger charge is -2.31. The van der Waals surface area contributed by atoms with Gasteiger partial charge in [0.2, 0.25) is 16.0 Å². The van der Waals surface area contributed by atoms with Crippen LogP contribution in [0.2, 0.25) is 0 Å². The summed E-state index contributed by atoms with van der Waals surface area (Å²) < 4.78 is 28.4. The van der Waals surface area contributed by atoms with Crippen molar-refractivity contribution in [3.05, 3.63) is 39.7 Å². The van der Waals surface area contributed by atoms with Crippen LogP contribution in [-0.4, -0.2) is 46.4 Å². The highest BCUT2D eigenvalue weighted by atomic mass is 32.2. The number of sulfonamides is 1. The molecule has 2 aliphatic rings. The molecular weight excluding hydrogens is 402 g/mol. The highest BCUT2D eigenvalue weighted by molar-refractivity contribution is 7.93. The second-order valence-corrected chi connectivity index (χ2v) is 10.3. The predicted octanol–water partition coefficient (Wildman–Crippen LogP) is 3.04. The van der Waals surface area contributed by atoms with Gasteiger partial charge in [0.1, 0.15) is 5.65 Å². The van der Waals surface area contributed by atoms with E-state index in [0.29, 0.717) is 42.4 Å². The smallest absolute Gasteiger partial charge is 0.252 e. The molecule has 0 unspecified atom stereocenters. The zero-order valence-corrected chi connectivity index (χ0v) is 18.4. The number of fused-ring (bicyclic) bond motifs is 1. The number of anilines is 1. The van der Waals surface area contributed by atoms with Crippen LogP contribution in [0, 0.1) is 0 Å². The molecule has 1 saturated heterocycles. The Balaban J connectivity index is 1.51. The number of aromatic nitrogens is 3. The number of piperidine rings is 1. The third kappa shape index (κ3) is 4.00. The van der Waals surface area contributed by atoms with Gasteiger partial charge in [-0.1, -0.05) is 18.9 Å². The Kier molecular flexibility index (Phi) is 5.92. The van der Waals surface area contributed by atoms with Crippen LogP contribution in [0.4, 0.5) is 5.95 Å². The first-order chi connectivity index (χ1) is 14.4. The lowest BCUT2D eigenvalue weighted by atomic mass is 10.1. The van der Waals surface area contributed by atoms with E-state index in [0.717, 1.165) is 31.1 Å². The molecule has 2 aromatic rings.